The van der Waals surface area contributed by atoms with Crippen molar-refractivity contribution in [3.63, 3.8) is 0 Å². The zero-order valence-corrected chi connectivity index (χ0v) is 7.62. The molecular formula is C10H14N2. The highest BCUT2D eigenvalue weighted by atomic mass is 15.2. The van der Waals surface area contributed by atoms with Crippen molar-refractivity contribution in [2.45, 2.75) is 26.3 Å². The van der Waals surface area contributed by atoms with Crippen LogP contribution in [0.15, 0.2) is 18.5 Å². The van der Waals surface area contributed by atoms with Crippen molar-refractivity contribution < 1.29 is 0 Å². The van der Waals surface area contributed by atoms with Gasteiger partial charge < -0.3 is 4.90 Å². The van der Waals surface area contributed by atoms with E-state index in [1.54, 1.807) is 0 Å². The smallest absolute Gasteiger partial charge is 0.0432 e. The molecule has 0 fully saturated rings. The normalized spacial score (nSPS) is 15.4. The van der Waals surface area contributed by atoms with E-state index in [4.69, 9.17) is 0 Å². The Morgan fingerprint density at radius 1 is 1.50 bits per heavy atom. The number of aromatic nitrogens is 1. The number of rotatable bonds is 1. The van der Waals surface area contributed by atoms with E-state index >= 15 is 0 Å². The maximum atomic E-state index is 4.12. The maximum Gasteiger partial charge on any atom is 0.0432 e. The van der Waals surface area contributed by atoms with Crippen molar-refractivity contribution >= 4 is 5.69 Å². The predicted octanol–water partition coefficient (Wildman–Crippen LogP) is 1.85. The molecule has 0 bridgehead atoms. The summed E-state index contributed by atoms with van der Waals surface area (Å²) in [5, 5.41) is 0. The van der Waals surface area contributed by atoms with E-state index in [2.05, 4.69) is 29.8 Å². The third kappa shape index (κ3) is 1.07. The predicted molar refractivity (Wildman–Crippen MR) is 50.4 cm³/mol. The van der Waals surface area contributed by atoms with Crippen molar-refractivity contribution in [2.24, 2.45) is 0 Å². The fourth-order valence-corrected chi connectivity index (χ4v) is 1.79. The zero-order valence-electron chi connectivity index (χ0n) is 7.62. The number of hydrogen-bond acceptors (Lipinski definition) is 2. The second-order valence-electron chi connectivity index (χ2n) is 3.54. The Hall–Kier alpha value is -1.05. The second kappa shape index (κ2) is 2.77. The van der Waals surface area contributed by atoms with Gasteiger partial charge in [-0.25, -0.2) is 0 Å². The molecule has 2 nitrogen and oxygen atoms in total. The SMILES string of the molecule is CC(C)N1CCc2cnccc21. The molecule has 0 aromatic carbocycles. The summed E-state index contributed by atoms with van der Waals surface area (Å²) in [7, 11) is 0. The topological polar surface area (TPSA) is 16.1 Å². The van der Waals surface area contributed by atoms with Crippen LogP contribution in [0.5, 0.6) is 0 Å². The van der Waals surface area contributed by atoms with Gasteiger partial charge in [-0.3, -0.25) is 4.98 Å². The average molecular weight is 162 g/mol. The Bertz CT molecular complexity index is 281. The van der Waals surface area contributed by atoms with Crippen molar-refractivity contribution in [1.82, 2.24) is 4.98 Å². The van der Waals surface area contributed by atoms with Crippen LogP contribution in [-0.2, 0) is 6.42 Å². The largest absolute Gasteiger partial charge is 0.368 e. The lowest BCUT2D eigenvalue weighted by atomic mass is 10.2. The van der Waals surface area contributed by atoms with Crippen LogP contribution in [-0.4, -0.2) is 17.6 Å². The van der Waals surface area contributed by atoms with Crippen LogP contribution < -0.4 is 4.90 Å². The first-order chi connectivity index (χ1) is 5.79. The molecule has 0 atom stereocenters. The first-order valence-corrected chi connectivity index (χ1v) is 4.48. The van der Waals surface area contributed by atoms with E-state index in [0.717, 1.165) is 13.0 Å². The fraction of sp³-hybridized carbons (Fsp3) is 0.500. The summed E-state index contributed by atoms with van der Waals surface area (Å²) in [5.74, 6) is 0. The standard InChI is InChI=1S/C10H14N2/c1-8(2)12-6-4-9-7-11-5-3-10(9)12/h3,5,7-8H,4,6H2,1-2H3. The summed E-state index contributed by atoms with van der Waals surface area (Å²) in [6, 6.07) is 2.72. The maximum absolute atomic E-state index is 4.12. The van der Waals surface area contributed by atoms with Crippen molar-refractivity contribution in [3.05, 3.63) is 24.0 Å². The Labute approximate surface area is 73.2 Å². The van der Waals surface area contributed by atoms with E-state index in [-0.39, 0.29) is 0 Å². The van der Waals surface area contributed by atoms with Gasteiger partial charge in [0.2, 0.25) is 0 Å². The van der Waals surface area contributed by atoms with Gasteiger partial charge in [0, 0.05) is 30.7 Å². The van der Waals surface area contributed by atoms with Gasteiger partial charge in [-0.2, -0.15) is 0 Å². The van der Waals surface area contributed by atoms with Crippen LogP contribution >= 0.6 is 0 Å². The van der Waals surface area contributed by atoms with Crippen molar-refractivity contribution in [3.8, 4) is 0 Å². The molecule has 0 radical (unpaired) electrons. The van der Waals surface area contributed by atoms with Crippen LogP contribution in [0, 0.1) is 0 Å². The Kier molecular flexibility index (Phi) is 1.75. The lowest BCUT2D eigenvalue weighted by Crippen LogP contribution is -2.28. The van der Waals surface area contributed by atoms with E-state index in [1.165, 1.54) is 11.3 Å². The summed E-state index contributed by atoms with van der Waals surface area (Å²) >= 11 is 0. The molecule has 0 unspecified atom stereocenters. The number of fused-ring (bicyclic) bond motifs is 1. The highest BCUT2D eigenvalue weighted by Crippen LogP contribution is 2.27. The summed E-state index contributed by atoms with van der Waals surface area (Å²) < 4.78 is 0. The van der Waals surface area contributed by atoms with Crippen LogP contribution in [0.1, 0.15) is 19.4 Å². The molecule has 0 N–H and O–H groups in total. The van der Waals surface area contributed by atoms with Crippen LogP contribution in [0.4, 0.5) is 5.69 Å². The highest BCUT2D eigenvalue weighted by molar-refractivity contribution is 5.57. The number of anilines is 1. The summed E-state index contributed by atoms with van der Waals surface area (Å²) in [4.78, 5) is 6.55. The summed E-state index contributed by atoms with van der Waals surface area (Å²) in [6.07, 6.45) is 5.01. The van der Waals surface area contributed by atoms with Gasteiger partial charge in [0.05, 0.1) is 0 Å². The molecule has 0 saturated heterocycles. The third-order valence-electron chi connectivity index (χ3n) is 2.43. The lowest BCUT2D eigenvalue weighted by Gasteiger charge is -2.23. The summed E-state index contributed by atoms with van der Waals surface area (Å²) in [5.41, 5.74) is 2.77. The van der Waals surface area contributed by atoms with E-state index in [0.29, 0.717) is 6.04 Å². The molecule has 2 heterocycles. The van der Waals surface area contributed by atoms with Gasteiger partial charge in [0.25, 0.3) is 0 Å². The van der Waals surface area contributed by atoms with Crippen LogP contribution in [0.25, 0.3) is 0 Å². The molecule has 64 valence electrons. The minimum Gasteiger partial charge on any atom is -0.368 e. The molecule has 0 spiro atoms. The van der Waals surface area contributed by atoms with Gasteiger partial charge in [-0.15, -0.1) is 0 Å². The molecule has 0 aliphatic carbocycles. The van der Waals surface area contributed by atoms with Crippen molar-refractivity contribution in [2.75, 3.05) is 11.4 Å². The second-order valence-corrected chi connectivity index (χ2v) is 3.54. The Morgan fingerprint density at radius 2 is 2.33 bits per heavy atom. The number of pyridine rings is 1. The number of nitrogens with zero attached hydrogens (tertiary/aromatic N) is 2. The monoisotopic (exact) mass is 162 g/mol. The Morgan fingerprint density at radius 3 is 3.08 bits per heavy atom. The van der Waals surface area contributed by atoms with Gasteiger partial charge in [-0.05, 0) is 31.9 Å². The first kappa shape index (κ1) is 7.59. The molecular weight excluding hydrogens is 148 g/mol. The van der Waals surface area contributed by atoms with Crippen molar-refractivity contribution in [1.29, 1.82) is 0 Å². The molecule has 2 heteroatoms. The molecule has 1 aromatic rings. The fourth-order valence-electron chi connectivity index (χ4n) is 1.79. The first-order valence-electron chi connectivity index (χ1n) is 4.48. The summed E-state index contributed by atoms with van der Waals surface area (Å²) in [6.45, 7) is 5.61. The minimum absolute atomic E-state index is 0.605. The quantitative estimate of drug-likeness (QED) is 0.626. The molecule has 0 amide bonds. The molecule has 2 rings (SSSR count). The molecule has 1 aromatic heterocycles. The molecule has 12 heavy (non-hydrogen) atoms. The van der Waals surface area contributed by atoms with E-state index < -0.39 is 0 Å². The van der Waals surface area contributed by atoms with Gasteiger partial charge in [0.15, 0.2) is 0 Å². The Balaban J connectivity index is 2.36. The number of hydrogen-bond donors (Lipinski definition) is 0. The lowest BCUT2D eigenvalue weighted by molar-refractivity contribution is 0.710. The zero-order chi connectivity index (χ0) is 8.55. The van der Waals surface area contributed by atoms with E-state index in [1.807, 2.05) is 12.4 Å². The van der Waals surface area contributed by atoms with Gasteiger partial charge in [0.1, 0.15) is 0 Å². The molecule has 1 aliphatic heterocycles. The third-order valence-corrected chi connectivity index (χ3v) is 2.43. The molecule has 1 aliphatic rings. The van der Waals surface area contributed by atoms with Crippen LogP contribution in [0.2, 0.25) is 0 Å². The average Bonchev–Trinajstić information content (AvgIpc) is 2.47. The van der Waals surface area contributed by atoms with Gasteiger partial charge >= 0.3 is 0 Å². The van der Waals surface area contributed by atoms with Gasteiger partial charge in [-0.1, -0.05) is 0 Å². The molecule has 0 saturated carbocycles. The highest BCUT2D eigenvalue weighted by Gasteiger charge is 2.20. The minimum atomic E-state index is 0.605. The van der Waals surface area contributed by atoms with Crippen LogP contribution in [0.3, 0.4) is 0 Å². The van der Waals surface area contributed by atoms with E-state index in [9.17, 15) is 0 Å².